The molecule has 0 spiro atoms. The number of rotatable bonds is 2. The van der Waals surface area contributed by atoms with Gasteiger partial charge < -0.3 is 5.32 Å². The van der Waals surface area contributed by atoms with Crippen LogP contribution in [0.1, 0.15) is 29.6 Å². The minimum Gasteiger partial charge on any atom is -0.348 e. The molecule has 1 saturated carbocycles. The molecule has 1 aromatic carbocycles. The molecule has 0 aromatic heterocycles. The lowest BCUT2D eigenvalue weighted by atomic mass is 10.2. The van der Waals surface area contributed by atoms with E-state index < -0.39 is 0 Å². The lowest BCUT2D eigenvalue weighted by Crippen LogP contribution is -2.37. The van der Waals surface area contributed by atoms with E-state index in [-0.39, 0.29) is 11.9 Å². The van der Waals surface area contributed by atoms with Crippen molar-refractivity contribution in [1.82, 2.24) is 5.32 Å². The van der Waals surface area contributed by atoms with Crippen LogP contribution in [-0.2, 0) is 0 Å². The first-order valence-electron chi connectivity index (χ1n) is 5.37. The summed E-state index contributed by atoms with van der Waals surface area (Å²) in [6.07, 6.45) is 3.41. The molecule has 1 fully saturated rings. The maximum atomic E-state index is 11.9. The fraction of sp³-hybridized carbons (Fsp3) is 0.417. The Kier molecular flexibility index (Phi) is 4.24. The van der Waals surface area contributed by atoms with Crippen molar-refractivity contribution in [1.29, 1.82) is 0 Å². The Balaban J connectivity index is 2.00. The Morgan fingerprint density at radius 3 is 2.56 bits per heavy atom. The van der Waals surface area contributed by atoms with Crippen LogP contribution in [0.4, 0.5) is 0 Å². The highest BCUT2D eigenvalue weighted by Gasteiger charge is 2.26. The highest BCUT2D eigenvalue weighted by Crippen LogP contribution is 2.25. The number of hydrogen-bond donors (Lipinski definition) is 1. The van der Waals surface area contributed by atoms with Gasteiger partial charge in [-0.05, 0) is 59.7 Å². The third-order valence-corrected chi connectivity index (χ3v) is 4.67. The minimum atomic E-state index is 0.0350. The first-order valence-corrected chi connectivity index (χ1v) is 7.37. The molecule has 1 amide bonds. The molecule has 1 N–H and O–H groups in total. The van der Waals surface area contributed by atoms with E-state index in [0.717, 1.165) is 22.0 Å². The molecule has 1 aliphatic rings. The molecule has 1 aromatic rings. The molecule has 0 heterocycles. The number of benzene rings is 1. The van der Waals surface area contributed by atoms with Gasteiger partial charge in [-0.15, -0.1) is 0 Å². The number of carbonyl (C=O) groups is 1. The van der Waals surface area contributed by atoms with Gasteiger partial charge in [-0.3, -0.25) is 4.79 Å². The third kappa shape index (κ3) is 2.97. The maximum Gasteiger partial charge on any atom is 0.251 e. The zero-order valence-corrected chi connectivity index (χ0v) is 12.5. The Labute approximate surface area is 117 Å². The van der Waals surface area contributed by atoms with Gasteiger partial charge in [0.05, 0.1) is 0 Å². The zero-order chi connectivity index (χ0) is 11.5. The van der Waals surface area contributed by atoms with Crippen LogP contribution in [0, 0.1) is 3.57 Å². The topological polar surface area (TPSA) is 29.1 Å². The average Bonchev–Trinajstić information content (AvgIpc) is 2.65. The molecule has 0 aliphatic heterocycles. The molecular formula is C12H13BrINO. The van der Waals surface area contributed by atoms with Gasteiger partial charge in [0.2, 0.25) is 0 Å². The van der Waals surface area contributed by atoms with Crippen molar-refractivity contribution in [2.45, 2.75) is 30.1 Å². The molecule has 2 atom stereocenters. The Bertz CT molecular complexity index is 379. The van der Waals surface area contributed by atoms with Crippen LogP contribution in [0.25, 0.3) is 0 Å². The van der Waals surface area contributed by atoms with Gasteiger partial charge in [0, 0.05) is 20.0 Å². The van der Waals surface area contributed by atoms with Crippen molar-refractivity contribution in [2.75, 3.05) is 0 Å². The van der Waals surface area contributed by atoms with Crippen molar-refractivity contribution in [3.8, 4) is 0 Å². The van der Waals surface area contributed by atoms with Gasteiger partial charge in [-0.2, -0.15) is 0 Å². The van der Waals surface area contributed by atoms with Crippen molar-refractivity contribution in [3.05, 3.63) is 33.4 Å². The van der Waals surface area contributed by atoms with Crippen LogP contribution in [0.3, 0.4) is 0 Å². The summed E-state index contributed by atoms with van der Waals surface area (Å²) in [5.74, 6) is 0.0350. The van der Waals surface area contributed by atoms with Crippen LogP contribution in [0.5, 0.6) is 0 Å². The highest BCUT2D eigenvalue weighted by molar-refractivity contribution is 14.1. The Morgan fingerprint density at radius 1 is 1.31 bits per heavy atom. The standard InChI is InChI=1S/C12H13BrINO/c13-10-2-1-3-11(10)15-12(16)8-4-6-9(14)7-5-8/h4-7,10-11H,1-3H2,(H,15,16). The molecule has 2 unspecified atom stereocenters. The van der Waals surface area contributed by atoms with Crippen LogP contribution >= 0.6 is 38.5 Å². The maximum absolute atomic E-state index is 11.9. The lowest BCUT2D eigenvalue weighted by molar-refractivity contribution is 0.0939. The fourth-order valence-electron chi connectivity index (χ4n) is 1.93. The Morgan fingerprint density at radius 2 is 2.00 bits per heavy atom. The molecule has 0 saturated heterocycles. The van der Waals surface area contributed by atoms with Crippen molar-refractivity contribution in [2.24, 2.45) is 0 Å². The van der Waals surface area contributed by atoms with Crippen molar-refractivity contribution < 1.29 is 4.79 Å². The van der Waals surface area contributed by atoms with E-state index in [1.807, 2.05) is 24.3 Å². The molecular weight excluding hydrogens is 381 g/mol. The van der Waals surface area contributed by atoms with Crippen LogP contribution in [0.15, 0.2) is 24.3 Å². The molecule has 2 rings (SSSR count). The normalized spacial score (nSPS) is 24.4. The second-order valence-electron chi connectivity index (χ2n) is 4.03. The number of hydrogen-bond acceptors (Lipinski definition) is 1. The molecule has 2 nitrogen and oxygen atoms in total. The summed E-state index contributed by atoms with van der Waals surface area (Å²) in [5, 5.41) is 3.08. The summed E-state index contributed by atoms with van der Waals surface area (Å²) in [6, 6.07) is 7.93. The number of alkyl halides is 1. The van der Waals surface area contributed by atoms with Crippen LogP contribution in [0.2, 0.25) is 0 Å². The zero-order valence-electron chi connectivity index (χ0n) is 8.75. The molecule has 0 radical (unpaired) electrons. The van der Waals surface area contributed by atoms with Gasteiger partial charge >= 0.3 is 0 Å². The quantitative estimate of drug-likeness (QED) is 0.606. The predicted molar refractivity (Wildman–Crippen MR) is 77.0 cm³/mol. The summed E-state index contributed by atoms with van der Waals surface area (Å²) in [6.45, 7) is 0. The van der Waals surface area contributed by atoms with Gasteiger partial charge in [0.25, 0.3) is 5.91 Å². The highest BCUT2D eigenvalue weighted by atomic mass is 127. The van der Waals surface area contributed by atoms with Gasteiger partial charge in [0.1, 0.15) is 0 Å². The van der Waals surface area contributed by atoms with E-state index in [2.05, 4.69) is 43.8 Å². The second kappa shape index (κ2) is 5.49. The monoisotopic (exact) mass is 393 g/mol. The fourth-order valence-corrected chi connectivity index (χ4v) is 3.01. The van der Waals surface area contributed by atoms with E-state index >= 15 is 0 Å². The summed E-state index contributed by atoms with van der Waals surface area (Å²) >= 11 is 5.84. The second-order valence-corrected chi connectivity index (χ2v) is 6.46. The molecule has 0 bridgehead atoms. The van der Waals surface area contributed by atoms with E-state index in [0.29, 0.717) is 4.83 Å². The first kappa shape index (κ1) is 12.4. The first-order chi connectivity index (χ1) is 7.66. The van der Waals surface area contributed by atoms with E-state index in [9.17, 15) is 4.79 Å². The van der Waals surface area contributed by atoms with Gasteiger partial charge in [-0.25, -0.2) is 0 Å². The summed E-state index contributed by atoms with van der Waals surface area (Å²) in [7, 11) is 0. The molecule has 1 aliphatic carbocycles. The predicted octanol–water partition coefficient (Wildman–Crippen LogP) is 3.34. The largest absolute Gasteiger partial charge is 0.348 e. The number of carbonyl (C=O) groups excluding carboxylic acids is 1. The van der Waals surface area contributed by atoms with E-state index in [1.54, 1.807) is 0 Å². The van der Waals surface area contributed by atoms with Crippen molar-refractivity contribution >= 4 is 44.4 Å². The van der Waals surface area contributed by atoms with Crippen LogP contribution < -0.4 is 5.32 Å². The lowest BCUT2D eigenvalue weighted by Gasteiger charge is -2.16. The van der Waals surface area contributed by atoms with Crippen LogP contribution in [-0.4, -0.2) is 16.8 Å². The summed E-state index contributed by atoms with van der Waals surface area (Å²) in [5.41, 5.74) is 0.743. The van der Waals surface area contributed by atoms with Gasteiger partial charge in [0.15, 0.2) is 0 Å². The smallest absolute Gasteiger partial charge is 0.251 e. The van der Waals surface area contributed by atoms with Crippen molar-refractivity contribution in [3.63, 3.8) is 0 Å². The van der Waals surface area contributed by atoms with E-state index in [1.165, 1.54) is 6.42 Å². The summed E-state index contributed by atoms with van der Waals surface area (Å²) in [4.78, 5) is 12.4. The molecule has 4 heteroatoms. The number of nitrogens with one attached hydrogen (secondary N) is 1. The third-order valence-electron chi connectivity index (χ3n) is 2.85. The summed E-state index contributed by atoms with van der Waals surface area (Å²) < 4.78 is 1.15. The Hall–Kier alpha value is -0.100. The average molecular weight is 394 g/mol. The van der Waals surface area contributed by atoms with E-state index in [4.69, 9.17) is 0 Å². The molecule has 16 heavy (non-hydrogen) atoms. The number of amides is 1. The SMILES string of the molecule is O=C(NC1CCCC1Br)c1ccc(I)cc1. The molecule has 86 valence electrons. The minimum absolute atomic E-state index is 0.0350. The number of halogens is 2. The van der Waals surface area contributed by atoms with Gasteiger partial charge in [-0.1, -0.05) is 22.4 Å².